The smallest absolute Gasteiger partial charge is 0.331 e. The summed E-state index contributed by atoms with van der Waals surface area (Å²) in [4.78, 5) is 24.1. The number of hydrogen-bond donors (Lipinski definition) is 1. The summed E-state index contributed by atoms with van der Waals surface area (Å²) in [5.41, 5.74) is 0. The molecule has 48 heavy (non-hydrogen) atoms. The molecule has 0 fully saturated rings. The number of carbonyl (C=O) groups excluding carboxylic acids is 2. The summed E-state index contributed by atoms with van der Waals surface area (Å²) >= 11 is 0. The first-order valence-corrected chi connectivity index (χ1v) is 19.3. The van der Waals surface area contributed by atoms with Crippen molar-refractivity contribution >= 4 is 11.9 Å². The molecule has 0 aromatic rings. The average molecular weight is 667 g/mol. The van der Waals surface area contributed by atoms with Gasteiger partial charge in [0, 0.05) is 12.5 Å². The second-order valence-electron chi connectivity index (χ2n) is 12.5. The maximum absolute atomic E-state index is 12.0. The Balaban J connectivity index is 3.85. The molecule has 5 heteroatoms. The van der Waals surface area contributed by atoms with Gasteiger partial charge in [-0.3, -0.25) is 4.79 Å². The zero-order valence-corrected chi connectivity index (χ0v) is 30.7. The molecule has 0 saturated heterocycles. The lowest BCUT2D eigenvalue weighted by Gasteiger charge is -2.14. The molecule has 0 aliphatic carbocycles. The van der Waals surface area contributed by atoms with Crippen molar-refractivity contribution in [1.29, 1.82) is 0 Å². The van der Waals surface area contributed by atoms with Crippen LogP contribution in [0.4, 0.5) is 0 Å². The first kappa shape index (κ1) is 45.1. The summed E-state index contributed by atoms with van der Waals surface area (Å²) in [5.74, 6) is -0.923. The minimum Gasteiger partial charge on any atom is -0.462 e. The van der Waals surface area contributed by atoms with Crippen LogP contribution in [0.2, 0.25) is 0 Å². The molecule has 0 rings (SSSR count). The van der Waals surface area contributed by atoms with E-state index in [-0.39, 0.29) is 12.6 Å². The van der Waals surface area contributed by atoms with Gasteiger partial charge in [-0.1, -0.05) is 183 Å². The average Bonchev–Trinajstić information content (AvgIpc) is 3.09. The highest BCUT2D eigenvalue weighted by Crippen LogP contribution is 2.11. The first-order valence-electron chi connectivity index (χ1n) is 19.3. The first-order chi connectivity index (χ1) is 23.6. The number of ether oxygens (including phenoxy) is 2. The second-order valence-corrected chi connectivity index (χ2v) is 12.5. The number of hydrogen-bond acceptors (Lipinski definition) is 5. The molecule has 0 aliphatic heterocycles. The fraction of sp³-hybridized carbons (Fsp3) is 0.628. The van der Waals surface area contributed by atoms with E-state index in [4.69, 9.17) is 9.47 Å². The summed E-state index contributed by atoms with van der Waals surface area (Å²) in [6.45, 7) is 3.95. The summed E-state index contributed by atoms with van der Waals surface area (Å²) in [6, 6.07) is 0. The molecule has 0 bridgehead atoms. The van der Waals surface area contributed by atoms with E-state index in [1.807, 2.05) is 36.5 Å². The largest absolute Gasteiger partial charge is 0.462 e. The number of rotatable bonds is 33. The van der Waals surface area contributed by atoms with Gasteiger partial charge in [-0.2, -0.15) is 0 Å². The lowest BCUT2D eigenvalue weighted by Crippen LogP contribution is -2.27. The Labute approximate surface area is 295 Å². The zero-order chi connectivity index (χ0) is 35.0. The fourth-order valence-corrected chi connectivity index (χ4v) is 4.97. The number of carbonyl (C=O) groups is 2. The van der Waals surface area contributed by atoms with Crippen molar-refractivity contribution < 1.29 is 24.2 Å². The standard InChI is InChI=1S/C43H70O5/c1-3-5-7-9-11-13-15-17-19-20-21-22-24-26-28-30-32-34-36-38-43(46)48-41(39-44)40-47-42(45)37-35-33-31-29-27-25-23-18-16-14-12-10-8-6-4-2/h18-24,26,28,30,32,34,36,38,41,44H,3-17,25,27,29,31,33,35,37,39-40H2,1-2H3/b20-19?,22-21?,23-18-,26-24?,30-28?,34-32?,38-36?/t41-/m0/s1. The molecule has 1 N–H and O–H groups in total. The molecule has 0 unspecified atom stereocenters. The topological polar surface area (TPSA) is 72.8 Å². The molecule has 0 radical (unpaired) electrons. The molecular weight excluding hydrogens is 596 g/mol. The highest BCUT2D eigenvalue weighted by atomic mass is 16.6. The minimum absolute atomic E-state index is 0.145. The van der Waals surface area contributed by atoms with Gasteiger partial charge in [-0.25, -0.2) is 4.79 Å². The molecule has 0 aliphatic rings. The van der Waals surface area contributed by atoms with Crippen LogP contribution in [0.3, 0.4) is 0 Å². The normalized spacial score (nSPS) is 13.1. The molecule has 1 atom stereocenters. The van der Waals surface area contributed by atoms with Gasteiger partial charge in [-0.05, 0) is 44.9 Å². The maximum atomic E-state index is 12.0. The molecule has 0 saturated carbocycles. The quantitative estimate of drug-likeness (QED) is 0.0248. The van der Waals surface area contributed by atoms with Crippen LogP contribution in [0.25, 0.3) is 0 Å². The summed E-state index contributed by atoms with van der Waals surface area (Å²) in [6.07, 6.45) is 52.7. The molecule has 0 heterocycles. The van der Waals surface area contributed by atoms with Gasteiger partial charge in [0.15, 0.2) is 6.10 Å². The Hall–Kier alpha value is -2.92. The van der Waals surface area contributed by atoms with Crippen molar-refractivity contribution in [1.82, 2.24) is 0 Å². The number of esters is 2. The van der Waals surface area contributed by atoms with Crippen molar-refractivity contribution in [2.45, 2.75) is 161 Å². The van der Waals surface area contributed by atoms with Gasteiger partial charge in [0.1, 0.15) is 6.61 Å². The van der Waals surface area contributed by atoms with Crippen LogP contribution in [0.15, 0.2) is 85.1 Å². The predicted molar refractivity (Wildman–Crippen MR) is 205 cm³/mol. The van der Waals surface area contributed by atoms with Crippen molar-refractivity contribution in [2.75, 3.05) is 13.2 Å². The van der Waals surface area contributed by atoms with Crippen LogP contribution in [0, 0.1) is 0 Å². The van der Waals surface area contributed by atoms with Crippen LogP contribution in [0.5, 0.6) is 0 Å². The Morgan fingerprint density at radius 1 is 0.521 bits per heavy atom. The maximum Gasteiger partial charge on any atom is 0.331 e. The fourth-order valence-electron chi connectivity index (χ4n) is 4.97. The third-order valence-electron chi connectivity index (χ3n) is 7.90. The van der Waals surface area contributed by atoms with Crippen LogP contribution in [-0.4, -0.2) is 36.4 Å². The third kappa shape index (κ3) is 35.9. The molecule has 272 valence electrons. The number of aliphatic hydroxyl groups is 1. The van der Waals surface area contributed by atoms with E-state index in [1.54, 1.807) is 18.2 Å². The van der Waals surface area contributed by atoms with E-state index in [9.17, 15) is 14.7 Å². The van der Waals surface area contributed by atoms with E-state index in [2.05, 4.69) is 38.2 Å². The number of unbranched alkanes of at least 4 members (excludes halogenated alkanes) is 18. The predicted octanol–water partition coefficient (Wildman–Crippen LogP) is 11.9. The van der Waals surface area contributed by atoms with Gasteiger partial charge in [0.2, 0.25) is 0 Å². The second kappa shape index (κ2) is 38.5. The Morgan fingerprint density at radius 2 is 0.938 bits per heavy atom. The third-order valence-corrected chi connectivity index (χ3v) is 7.90. The molecule has 5 nitrogen and oxygen atoms in total. The van der Waals surface area contributed by atoms with E-state index in [0.29, 0.717) is 6.42 Å². The van der Waals surface area contributed by atoms with Crippen LogP contribution < -0.4 is 0 Å². The van der Waals surface area contributed by atoms with Crippen LogP contribution >= 0.6 is 0 Å². The summed E-state index contributed by atoms with van der Waals surface area (Å²) in [5, 5.41) is 9.50. The van der Waals surface area contributed by atoms with Crippen molar-refractivity contribution in [3.8, 4) is 0 Å². The highest BCUT2D eigenvalue weighted by molar-refractivity contribution is 5.82. The van der Waals surface area contributed by atoms with Crippen molar-refractivity contribution in [2.24, 2.45) is 0 Å². The van der Waals surface area contributed by atoms with Crippen LogP contribution in [0.1, 0.15) is 155 Å². The molecule has 0 aromatic carbocycles. The molecule has 0 spiro atoms. The molecule has 0 aromatic heterocycles. The number of allylic oxidation sites excluding steroid dienone is 13. The summed E-state index contributed by atoms with van der Waals surface area (Å²) in [7, 11) is 0. The Kier molecular flexibility index (Phi) is 36.2. The van der Waals surface area contributed by atoms with Gasteiger partial charge < -0.3 is 14.6 Å². The molecule has 0 amide bonds. The Bertz CT molecular complexity index is 937. The zero-order valence-electron chi connectivity index (χ0n) is 30.7. The van der Waals surface area contributed by atoms with Crippen molar-refractivity contribution in [3.63, 3.8) is 0 Å². The molecular formula is C43H70O5. The summed E-state index contributed by atoms with van der Waals surface area (Å²) < 4.78 is 10.4. The van der Waals surface area contributed by atoms with Gasteiger partial charge in [0.05, 0.1) is 6.61 Å². The van der Waals surface area contributed by atoms with Gasteiger partial charge in [-0.15, -0.1) is 0 Å². The minimum atomic E-state index is -0.877. The lowest BCUT2D eigenvalue weighted by atomic mass is 10.1. The van der Waals surface area contributed by atoms with E-state index >= 15 is 0 Å². The van der Waals surface area contributed by atoms with Gasteiger partial charge in [0.25, 0.3) is 0 Å². The van der Waals surface area contributed by atoms with Gasteiger partial charge >= 0.3 is 11.9 Å². The lowest BCUT2D eigenvalue weighted by molar-refractivity contribution is -0.157. The van der Waals surface area contributed by atoms with E-state index < -0.39 is 18.7 Å². The van der Waals surface area contributed by atoms with Crippen LogP contribution in [-0.2, 0) is 19.1 Å². The van der Waals surface area contributed by atoms with E-state index in [1.165, 1.54) is 109 Å². The van der Waals surface area contributed by atoms with E-state index in [0.717, 1.165) is 32.1 Å². The highest BCUT2D eigenvalue weighted by Gasteiger charge is 2.14. The number of aliphatic hydroxyl groups excluding tert-OH is 1. The SMILES string of the molecule is CCCCCCCC/C=C\CCCCCCCC(=O)OC[C@H](CO)OC(=O)C=CC=CC=CC=CC=CC=CCCCCCCCCC. The Morgan fingerprint density at radius 3 is 1.44 bits per heavy atom. The van der Waals surface area contributed by atoms with Crippen molar-refractivity contribution in [3.05, 3.63) is 85.1 Å². The monoisotopic (exact) mass is 667 g/mol.